The van der Waals surface area contributed by atoms with Crippen molar-refractivity contribution < 1.29 is 19.1 Å². The molecule has 0 saturated heterocycles. The lowest BCUT2D eigenvalue weighted by molar-refractivity contribution is -0.114. The van der Waals surface area contributed by atoms with E-state index < -0.39 is 17.7 Å². The van der Waals surface area contributed by atoms with Gasteiger partial charge in [-0.05, 0) is 12.1 Å². The summed E-state index contributed by atoms with van der Waals surface area (Å²) in [5.74, 6) is -0.462. The maximum atomic E-state index is 12.6. The van der Waals surface area contributed by atoms with Gasteiger partial charge in [-0.2, -0.15) is 0 Å². The van der Waals surface area contributed by atoms with Gasteiger partial charge in [-0.1, -0.05) is 11.3 Å². The van der Waals surface area contributed by atoms with E-state index >= 15 is 0 Å². The zero-order chi connectivity index (χ0) is 18.1. The molecule has 0 fully saturated rings. The van der Waals surface area contributed by atoms with Crippen molar-refractivity contribution in [3.63, 3.8) is 0 Å². The SMILES string of the molecule is CC(=O)Nc1nc2c(s1)C(=O)C(C(=O)c1ccc(N(C)C)nc1)OC2. The standard InChI is InChI=1S/C16H16N4O4S/c1-8(21)18-16-19-10-7-24-14(13(23)15(10)25-16)12(22)9-4-5-11(17-6-9)20(2)3/h4-6,14H,7H2,1-3H3,(H,18,19,21). The van der Waals surface area contributed by atoms with Gasteiger partial charge < -0.3 is 15.0 Å². The summed E-state index contributed by atoms with van der Waals surface area (Å²) in [4.78, 5) is 46.8. The Balaban J connectivity index is 1.82. The van der Waals surface area contributed by atoms with Gasteiger partial charge in [0.2, 0.25) is 17.5 Å². The second-order valence-corrected chi connectivity index (χ2v) is 6.69. The minimum absolute atomic E-state index is 0.0385. The Morgan fingerprint density at radius 1 is 1.36 bits per heavy atom. The number of fused-ring (bicyclic) bond motifs is 1. The number of thiazole rings is 1. The molecule has 1 aliphatic heterocycles. The summed E-state index contributed by atoms with van der Waals surface area (Å²) in [5, 5.41) is 2.86. The van der Waals surface area contributed by atoms with E-state index in [1.54, 1.807) is 12.1 Å². The van der Waals surface area contributed by atoms with Gasteiger partial charge >= 0.3 is 0 Å². The molecule has 130 valence electrons. The normalized spacial score (nSPS) is 16.3. The van der Waals surface area contributed by atoms with Gasteiger partial charge in [0.1, 0.15) is 10.7 Å². The lowest BCUT2D eigenvalue weighted by Gasteiger charge is -2.19. The number of pyridine rings is 1. The summed E-state index contributed by atoms with van der Waals surface area (Å²) in [5.41, 5.74) is 0.739. The second-order valence-electron chi connectivity index (χ2n) is 5.70. The fourth-order valence-corrected chi connectivity index (χ4v) is 3.32. The molecule has 0 aliphatic carbocycles. The molecule has 8 nitrogen and oxygen atoms in total. The number of Topliss-reactive ketones (excluding diaryl/α,β-unsaturated/α-hetero) is 2. The highest BCUT2D eigenvalue weighted by Gasteiger charge is 2.37. The quantitative estimate of drug-likeness (QED) is 0.651. The first-order chi connectivity index (χ1) is 11.9. The smallest absolute Gasteiger partial charge is 0.223 e. The van der Waals surface area contributed by atoms with E-state index in [1.165, 1.54) is 13.1 Å². The monoisotopic (exact) mass is 360 g/mol. The molecule has 1 atom stereocenters. The van der Waals surface area contributed by atoms with Crippen LogP contribution in [0.2, 0.25) is 0 Å². The number of amides is 1. The Morgan fingerprint density at radius 3 is 2.72 bits per heavy atom. The highest BCUT2D eigenvalue weighted by molar-refractivity contribution is 7.17. The van der Waals surface area contributed by atoms with Gasteiger partial charge in [0.15, 0.2) is 11.2 Å². The average molecular weight is 360 g/mol. The van der Waals surface area contributed by atoms with Crippen LogP contribution >= 0.6 is 11.3 Å². The minimum Gasteiger partial charge on any atom is -0.363 e. The van der Waals surface area contributed by atoms with Crippen LogP contribution in [0.4, 0.5) is 10.9 Å². The van der Waals surface area contributed by atoms with E-state index in [0.717, 1.165) is 11.3 Å². The summed E-state index contributed by atoms with van der Waals surface area (Å²) < 4.78 is 5.42. The molecule has 3 heterocycles. The van der Waals surface area contributed by atoms with Crippen molar-refractivity contribution in [2.24, 2.45) is 0 Å². The maximum absolute atomic E-state index is 12.6. The molecule has 9 heteroatoms. The van der Waals surface area contributed by atoms with Crippen molar-refractivity contribution in [3.8, 4) is 0 Å². The first-order valence-corrected chi connectivity index (χ1v) is 8.29. The minimum atomic E-state index is -1.22. The van der Waals surface area contributed by atoms with Crippen molar-refractivity contribution in [1.29, 1.82) is 0 Å². The van der Waals surface area contributed by atoms with Gasteiger partial charge in [0, 0.05) is 32.8 Å². The fourth-order valence-electron chi connectivity index (χ4n) is 2.35. The molecule has 1 N–H and O–H groups in total. The number of aromatic nitrogens is 2. The number of hydrogen-bond acceptors (Lipinski definition) is 8. The predicted molar refractivity (Wildman–Crippen MR) is 92.2 cm³/mol. The van der Waals surface area contributed by atoms with Crippen LogP contribution in [-0.2, 0) is 16.1 Å². The molecule has 1 amide bonds. The van der Waals surface area contributed by atoms with Crippen molar-refractivity contribution in [3.05, 3.63) is 34.5 Å². The zero-order valence-corrected chi connectivity index (χ0v) is 14.7. The van der Waals surface area contributed by atoms with Crippen LogP contribution in [0.1, 0.15) is 32.6 Å². The van der Waals surface area contributed by atoms with E-state index in [-0.39, 0.29) is 12.5 Å². The molecule has 25 heavy (non-hydrogen) atoms. The third-order valence-electron chi connectivity index (χ3n) is 3.56. The molecule has 0 aromatic carbocycles. The van der Waals surface area contributed by atoms with Gasteiger partial charge in [-0.25, -0.2) is 9.97 Å². The van der Waals surface area contributed by atoms with Crippen molar-refractivity contribution in [2.45, 2.75) is 19.6 Å². The molecule has 0 saturated carbocycles. The molecule has 2 aromatic rings. The molecule has 0 bridgehead atoms. The van der Waals surface area contributed by atoms with E-state index in [0.29, 0.717) is 27.1 Å². The van der Waals surface area contributed by atoms with Crippen LogP contribution in [0, 0.1) is 0 Å². The number of nitrogens with zero attached hydrogens (tertiary/aromatic N) is 3. The predicted octanol–water partition coefficient (Wildman–Crippen LogP) is 1.53. The molecule has 3 rings (SSSR count). The lowest BCUT2D eigenvalue weighted by Crippen LogP contribution is -2.36. The summed E-state index contributed by atoms with van der Waals surface area (Å²) in [7, 11) is 3.69. The van der Waals surface area contributed by atoms with E-state index in [9.17, 15) is 14.4 Å². The van der Waals surface area contributed by atoms with Crippen LogP contribution in [0.3, 0.4) is 0 Å². The van der Waals surface area contributed by atoms with Gasteiger partial charge in [-0.3, -0.25) is 14.4 Å². The summed E-state index contributed by atoms with van der Waals surface area (Å²) >= 11 is 1.05. The number of ketones is 2. The maximum Gasteiger partial charge on any atom is 0.223 e. The number of carbonyl (C=O) groups is 3. The largest absolute Gasteiger partial charge is 0.363 e. The van der Waals surface area contributed by atoms with Crippen LogP contribution < -0.4 is 10.2 Å². The second kappa shape index (κ2) is 6.69. The fraction of sp³-hybridized carbons (Fsp3) is 0.312. The third-order valence-corrected chi connectivity index (χ3v) is 4.59. The third kappa shape index (κ3) is 3.42. The Labute approximate surface area is 147 Å². The molecule has 2 aromatic heterocycles. The van der Waals surface area contributed by atoms with Crippen molar-refractivity contribution >= 4 is 39.8 Å². The molecule has 1 unspecified atom stereocenters. The number of rotatable bonds is 4. The van der Waals surface area contributed by atoms with Crippen LogP contribution in [-0.4, -0.2) is 47.6 Å². The Bertz CT molecular complexity index is 844. The molecule has 0 radical (unpaired) electrons. The zero-order valence-electron chi connectivity index (χ0n) is 13.9. The summed E-state index contributed by atoms with van der Waals surface area (Å²) in [6.45, 7) is 1.40. The molecular formula is C16H16N4O4S. The molecule has 0 spiro atoms. The Hall–Kier alpha value is -2.65. The van der Waals surface area contributed by atoms with Gasteiger partial charge in [0.05, 0.1) is 12.3 Å². The number of nitrogens with one attached hydrogen (secondary N) is 1. The van der Waals surface area contributed by atoms with Crippen molar-refractivity contribution in [1.82, 2.24) is 9.97 Å². The summed E-state index contributed by atoms with van der Waals surface area (Å²) in [6.07, 6.45) is 0.212. The van der Waals surface area contributed by atoms with Crippen molar-refractivity contribution in [2.75, 3.05) is 24.3 Å². The van der Waals surface area contributed by atoms with Gasteiger partial charge in [-0.15, -0.1) is 0 Å². The Kier molecular flexibility index (Phi) is 4.60. The number of carbonyl (C=O) groups excluding carboxylic acids is 3. The highest BCUT2D eigenvalue weighted by Crippen LogP contribution is 2.30. The van der Waals surface area contributed by atoms with Crippen LogP contribution in [0.25, 0.3) is 0 Å². The summed E-state index contributed by atoms with van der Waals surface area (Å²) in [6, 6.07) is 3.32. The van der Waals surface area contributed by atoms with E-state index in [1.807, 2.05) is 19.0 Å². The van der Waals surface area contributed by atoms with Crippen LogP contribution in [0.5, 0.6) is 0 Å². The Morgan fingerprint density at radius 2 is 2.12 bits per heavy atom. The van der Waals surface area contributed by atoms with E-state index in [2.05, 4.69) is 15.3 Å². The number of anilines is 2. The number of hydrogen-bond donors (Lipinski definition) is 1. The lowest BCUT2D eigenvalue weighted by atomic mass is 10.0. The number of ether oxygens (including phenoxy) is 1. The average Bonchev–Trinajstić information content (AvgIpc) is 2.97. The van der Waals surface area contributed by atoms with Crippen LogP contribution in [0.15, 0.2) is 18.3 Å². The van der Waals surface area contributed by atoms with Gasteiger partial charge in [0.25, 0.3) is 0 Å². The topological polar surface area (TPSA) is 101 Å². The highest BCUT2D eigenvalue weighted by atomic mass is 32.1. The first-order valence-electron chi connectivity index (χ1n) is 7.47. The van der Waals surface area contributed by atoms with E-state index in [4.69, 9.17) is 4.74 Å². The molecular weight excluding hydrogens is 344 g/mol. The first kappa shape index (κ1) is 17.2. The molecule has 1 aliphatic rings.